The van der Waals surface area contributed by atoms with Gasteiger partial charge in [0.15, 0.2) is 5.82 Å². The van der Waals surface area contributed by atoms with Gasteiger partial charge in [-0.15, -0.1) is 10.2 Å². The zero-order chi connectivity index (χ0) is 25.3. The van der Waals surface area contributed by atoms with Gasteiger partial charge in [0.05, 0.1) is 0 Å². The van der Waals surface area contributed by atoms with Gasteiger partial charge in [0.2, 0.25) is 0 Å². The van der Waals surface area contributed by atoms with E-state index in [4.69, 9.17) is 4.74 Å². The number of ether oxygens (including phenoxy) is 1. The quantitative estimate of drug-likeness (QED) is 0.356. The van der Waals surface area contributed by atoms with E-state index in [-0.39, 0.29) is 30.6 Å². The maximum Gasteiger partial charge on any atom is 0.411 e. The lowest BCUT2D eigenvalue weighted by Gasteiger charge is -2.36. The van der Waals surface area contributed by atoms with Crippen LogP contribution < -0.4 is 0 Å². The van der Waals surface area contributed by atoms with Crippen LogP contribution >= 0.6 is 0 Å². The SMILES string of the molecule is Cc1ccc(CC(=O)C[C@H](OCC(F)(F)F)c2nnc(C3CC(CC(C)C)C3)n2C2CC2)c(C)c1. The summed E-state index contributed by atoms with van der Waals surface area (Å²) in [6.07, 6.45) is -0.429. The average molecular weight is 492 g/mol. The van der Waals surface area contributed by atoms with Gasteiger partial charge in [0.1, 0.15) is 24.3 Å². The number of alkyl halides is 3. The highest BCUT2D eigenvalue weighted by molar-refractivity contribution is 5.81. The highest BCUT2D eigenvalue weighted by Crippen LogP contribution is 2.48. The fraction of sp³-hybridized carbons (Fsp3) is 0.667. The Hall–Kier alpha value is -2.22. The van der Waals surface area contributed by atoms with E-state index in [9.17, 15) is 18.0 Å². The van der Waals surface area contributed by atoms with E-state index in [1.54, 1.807) is 0 Å². The van der Waals surface area contributed by atoms with Crippen molar-refractivity contribution in [1.82, 2.24) is 14.8 Å². The number of hydrogen-bond donors (Lipinski definition) is 0. The summed E-state index contributed by atoms with van der Waals surface area (Å²) in [5, 5.41) is 8.76. The Morgan fingerprint density at radius 2 is 1.89 bits per heavy atom. The minimum absolute atomic E-state index is 0.155. The number of Topliss-reactive ketones (excluding diaryl/α,β-unsaturated/α-hetero) is 1. The molecule has 192 valence electrons. The van der Waals surface area contributed by atoms with Gasteiger partial charge in [-0.3, -0.25) is 4.79 Å². The summed E-state index contributed by atoms with van der Waals surface area (Å²) in [6.45, 7) is 6.94. The first kappa shape index (κ1) is 25.9. The van der Waals surface area contributed by atoms with Gasteiger partial charge in [-0.2, -0.15) is 13.2 Å². The maximum absolute atomic E-state index is 13.1. The van der Waals surface area contributed by atoms with Gasteiger partial charge in [-0.05, 0) is 68.9 Å². The van der Waals surface area contributed by atoms with Crippen LogP contribution in [0.5, 0.6) is 0 Å². The summed E-state index contributed by atoms with van der Waals surface area (Å²) in [6, 6.07) is 6.03. The van der Waals surface area contributed by atoms with Crippen LogP contribution in [0.3, 0.4) is 0 Å². The third-order valence-electron chi connectivity index (χ3n) is 7.10. The normalized spacial score (nSPS) is 21.3. The number of carbonyl (C=O) groups excluding carboxylic acids is 1. The molecule has 0 unspecified atom stereocenters. The number of aryl methyl sites for hydroxylation is 2. The highest BCUT2D eigenvalue weighted by Gasteiger charge is 2.40. The van der Waals surface area contributed by atoms with Crippen LogP contribution in [-0.2, 0) is 16.0 Å². The zero-order valence-electron chi connectivity index (χ0n) is 21.1. The Balaban J connectivity index is 1.53. The first-order valence-corrected chi connectivity index (χ1v) is 12.7. The van der Waals surface area contributed by atoms with Crippen LogP contribution in [0.25, 0.3) is 0 Å². The molecule has 1 aromatic heterocycles. The van der Waals surface area contributed by atoms with E-state index >= 15 is 0 Å². The van der Waals surface area contributed by atoms with Crippen molar-refractivity contribution in [3.05, 3.63) is 46.5 Å². The molecule has 2 fully saturated rings. The molecule has 35 heavy (non-hydrogen) atoms. The first-order chi connectivity index (χ1) is 16.5. The minimum Gasteiger partial charge on any atom is -0.360 e. The van der Waals surface area contributed by atoms with E-state index < -0.39 is 18.9 Å². The summed E-state index contributed by atoms with van der Waals surface area (Å²) >= 11 is 0. The molecule has 1 heterocycles. The molecule has 0 aliphatic heterocycles. The summed E-state index contributed by atoms with van der Waals surface area (Å²) < 4.78 is 46.5. The summed E-state index contributed by atoms with van der Waals surface area (Å²) in [7, 11) is 0. The van der Waals surface area contributed by atoms with Crippen LogP contribution in [0.15, 0.2) is 18.2 Å². The lowest BCUT2D eigenvalue weighted by atomic mass is 9.71. The number of ketones is 1. The van der Waals surface area contributed by atoms with Gasteiger partial charge < -0.3 is 9.30 Å². The predicted molar refractivity (Wildman–Crippen MR) is 127 cm³/mol. The molecule has 0 spiro atoms. The van der Waals surface area contributed by atoms with Gasteiger partial charge in [-0.25, -0.2) is 0 Å². The molecule has 0 radical (unpaired) electrons. The molecule has 1 atom stereocenters. The number of rotatable bonds is 11. The first-order valence-electron chi connectivity index (χ1n) is 12.7. The summed E-state index contributed by atoms with van der Waals surface area (Å²) in [4.78, 5) is 13.0. The van der Waals surface area contributed by atoms with E-state index in [1.807, 2.05) is 36.6 Å². The van der Waals surface area contributed by atoms with Crippen molar-refractivity contribution >= 4 is 5.78 Å². The standard InChI is InChI=1S/C27H36F3N3O2/c1-16(2)9-19-11-21(12-19)25-31-32-26(33(25)22-7-8-22)24(35-15-27(28,29)30)14-23(34)13-20-6-5-17(3)10-18(20)4/h5-6,10,16,19,21-22,24H,7-9,11-15H2,1-4H3/t19?,21?,24-/m0/s1. The van der Waals surface area contributed by atoms with E-state index in [0.717, 1.165) is 48.2 Å². The lowest BCUT2D eigenvalue weighted by Crippen LogP contribution is -2.27. The molecule has 5 nitrogen and oxygen atoms in total. The molecule has 2 aromatic rings. The van der Waals surface area contributed by atoms with Crippen LogP contribution in [0.4, 0.5) is 13.2 Å². The van der Waals surface area contributed by atoms with Crippen molar-refractivity contribution in [2.75, 3.05) is 6.61 Å². The molecular formula is C27H36F3N3O2. The van der Waals surface area contributed by atoms with Gasteiger partial charge in [-0.1, -0.05) is 37.6 Å². The molecule has 2 aliphatic carbocycles. The third kappa shape index (κ3) is 6.72. The molecule has 2 saturated carbocycles. The molecule has 1 aromatic carbocycles. The monoisotopic (exact) mass is 491 g/mol. The fourth-order valence-electron chi connectivity index (χ4n) is 5.28. The number of aromatic nitrogens is 3. The highest BCUT2D eigenvalue weighted by atomic mass is 19.4. The van der Waals surface area contributed by atoms with Crippen molar-refractivity contribution in [3.63, 3.8) is 0 Å². The molecule has 0 N–H and O–H groups in total. The number of hydrogen-bond acceptors (Lipinski definition) is 4. The van der Waals surface area contributed by atoms with Crippen LogP contribution in [0.1, 0.15) is 98.8 Å². The Morgan fingerprint density at radius 3 is 2.49 bits per heavy atom. The van der Waals surface area contributed by atoms with Crippen molar-refractivity contribution in [2.45, 2.75) is 96.9 Å². The summed E-state index contributed by atoms with van der Waals surface area (Å²) in [5.74, 6) is 2.62. The lowest BCUT2D eigenvalue weighted by molar-refractivity contribution is -0.188. The summed E-state index contributed by atoms with van der Waals surface area (Å²) in [5.41, 5.74) is 2.97. The van der Waals surface area contributed by atoms with Crippen molar-refractivity contribution < 1.29 is 22.7 Å². The zero-order valence-corrected chi connectivity index (χ0v) is 21.1. The van der Waals surface area contributed by atoms with Crippen molar-refractivity contribution in [3.8, 4) is 0 Å². The van der Waals surface area contributed by atoms with E-state index in [1.165, 1.54) is 6.42 Å². The van der Waals surface area contributed by atoms with Crippen LogP contribution in [0.2, 0.25) is 0 Å². The number of benzene rings is 1. The number of nitrogens with zero attached hydrogens (tertiary/aromatic N) is 3. The second-order valence-electron chi connectivity index (χ2n) is 10.9. The second kappa shape index (κ2) is 10.4. The largest absolute Gasteiger partial charge is 0.411 e. The maximum atomic E-state index is 13.1. The number of halogens is 3. The molecule has 4 rings (SSSR count). The molecule has 0 bridgehead atoms. The minimum atomic E-state index is -4.49. The smallest absolute Gasteiger partial charge is 0.360 e. The van der Waals surface area contributed by atoms with Gasteiger partial charge in [0.25, 0.3) is 0 Å². The second-order valence-corrected chi connectivity index (χ2v) is 10.9. The molecule has 0 saturated heterocycles. The van der Waals surface area contributed by atoms with E-state index in [2.05, 4.69) is 24.0 Å². The Labute approximate surface area is 205 Å². The number of carbonyl (C=O) groups is 1. The Morgan fingerprint density at radius 1 is 1.17 bits per heavy atom. The van der Waals surface area contributed by atoms with Gasteiger partial charge in [0, 0.05) is 24.8 Å². The van der Waals surface area contributed by atoms with Crippen molar-refractivity contribution in [2.24, 2.45) is 11.8 Å². The van der Waals surface area contributed by atoms with Crippen LogP contribution in [-0.4, -0.2) is 33.3 Å². The predicted octanol–water partition coefficient (Wildman–Crippen LogP) is 6.59. The Kier molecular flexibility index (Phi) is 7.69. The van der Waals surface area contributed by atoms with Crippen molar-refractivity contribution in [1.29, 1.82) is 0 Å². The Bertz CT molecular complexity index is 1040. The van der Waals surface area contributed by atoms with E-state index in [0.29, 0.717) is 17.7 Å². The topological polar surface area (TPSA) is 57.0 Å². The molecule has 0 amide bonds. The van der Waals surface area contributed by atoms with Gasteiger partial charge >= 0.3 is 6.18 Å². The molecule has 2 aliphatic rings. The molecule has 8 heteroatoms. The van der Waals surface area contributed by atoms with Crippen LogP contribution in [0, 0.1) is 25.7 Å². The molecular weight excluding hydrogens is 455 g/mol. The fourth-order valence-corrected chi connectivity index (χ4v) is 5.28. The average Bonchev–Trinajstić information content (AvgIpc) is 3.48. The third-order valence-corrected chi connectivity index (χ3v) is 7.10.